The van der Waals surface area contributed by atoms with Gasteiger partial charge in [0.25, 0.3) is 0 Å². The highest BCUT2D eigenvalue weighted by Crippen LogP contribution is 2.22. The normalized spacial score (nSPS) is 12.3. The molecular weight excluding hydrogens is 407 g/mol. The van der Waals surface area contributed by atoms with Crippen LogP contribution in [-0.2, 0) is 21.2 Å². The third-order valence-corrected chi connectivity index (χ3v) is 5.75. The summed E-state index contributed by atoms with van der Waals surface area (Å²) in [5, 5.41) is 2.77. The van der Waals surface area contributed by atoms with Crippen molar-refractivity contribution in [3.63, 3.8) is 0 Å². The van der Waals surface area contributed by atoms with Crippen LogP contribution < -0.4 is 14.4 Å². The number of hydrogen-bond acceptors (Lipinski definition) is 4. The zero-order valence-corrected chi connectivity index (χ0v) is 18.4. The fraction of sp³-hybridized carbons (Fsp3) is 0.409. The molecule has 1 N–H and O–H groups in total. The Morgan fingerprint density at radius 1 is 1.20 bits per heavy atom. The van der Waals surface area contributed by atoms with Crippen molar-refractivity contribution in [3.05, 3.63) is 59.9 Å². The van der Waals surface area contributed by atoms with Gasteiger partial charge in [0.15, 0.2) is 0 Å². The number of aryl methyl sites for hydroxylation is 1. The second kappa shape index (κ2) is 11.0. The Bertz CT molecular complexity index is 950. The molecule has 2 aromatic rings. The number of anilines is 1. The summed E-state index contributed by atoms with van der Waals surface area (Å²) in [6.45, 7) is 4.55. The van der Waals surface area contributed by atoms with Gasteiger partial charge in [0.1, 0.15) is 17.6 Å². The minimum absolute atomic E-state index is 0.113. The number of amides is 1. The van der Waals surface area contributed by atoms with Crippen LogP contribution in [0.1, 0.15) is 32.3 Å². The molecular formula is C22H29FN2O4S. The molecule has 0 aliphatic rings. The van der Waals surface area contributed by atoms with Crippen LogP contribution in [0.25, 0.3) is 0 Å². The lowest BCUT2D eigenvalue weighted by Gasteiger charge is -2.28. The first-order chi connectivity index (χ1) is 14.2. The first-order valence-electron chi connectivity index (χ1n) is 9.97. The SMILES string of the molecule is CCCOc1ccccc1CCCNC(=O)[C@H](C)N(c1cccc(F)c1)S(C)(=O)=O. The lowest BCUT2D eigenvalue weighted by Crippen LogP contribution is -2.48. The number of halogens is 1. The number of ether oxygens (including phenoxy) is 1. The van der Waals surface area contributed by atoms with Gasteiger partial charge in [-0.15, -0.1) is 0 Å². The van der Waals surface area contributed by atoms with Gasteiger partial charge >= 0.3 is 0 Å². The first kappa shape index (κ1) is 23.7. The molecule has 2 aromatic carbocycles. The van der Waals surface area contributed by atoms with Crippen molar-refractivity contribution in [1.82, 2.24) is 5.32 Å². The molecule has 0 saturated carbocycles. The minimum Gasteiger partial charge on any atom is -0.493 e. The van der Waals surface area contributed by atoms with E-state index in [2.05, 4.69) is 5.32 Å². The van der Waals surface area contributed by atoms with Crippen LogP contribution in [0, 0.1) is 5.82 Å². The number of sulfonamides is 1. The summed E-state index contributed by atoms with van der Waals surface area (Å²) in [5.74, 6) is -0.175. The van der Waals surface area contributed by atoms with Crippen LogP contribution in [0.15, 0.2) is 48.5 Å². The molecule has 8 heteroatoms. The Labute approximate surface area is 178 Å². The molecule has 30 heavy (non-hydrogen) atoms. The smallest absolute Gasteiger partial charge is 0.243 e. The molecule has 1 amide bonds. The predicted molar refractivity (Wildman–Crippen MR) is 117 cm³/mol. The quantitative estimate of drug-likeness (QED) is 0.547. The van der Waals surface area contributed by atoms with E-state index >= 15 is 0 Å². The molecule has 1 atom stereocenters. The molecule has 0 spiro atoms. The maximum Gasteiger partial charge on any atom is 0.243 e. The Morgan fingerprint density at radius 2 is 1.93 bits per heavy atom. The van der Waals surface area contributed by atoms with Crippen LogP contribution in [-0.4, -0.2) is 39.8 Å². The van der Waals surface area contributed by atoms with Gasteiger partial charge in [-0.3, -0.25) is 9.10 Å². The van der Waals surface area contributed by atoms with Crippen LogP contribution in [0.4, 0.5) is 10.1 Å². The molecule has 164 valence electrons. The van der Waals surface area contributed by atoms with Crippen LogP contribution in [0.3, 0.4) is 0 Å². The lowest BCUT2D eigenvalue weighted by atomic mass is 10.1. The standard InChI is InChI=1S/C22H29FN2O4S/c1-4-15-29-21-13-6-5-9-18(21)10-8-14-24-22(26)17(2)25(30(3,27)28)20-12-7-11-19(23)16-20/h5-7,9,11-13,16-17H,4,8,10,14-15H2,1-3H3,(H,24,26)/t17-/m0/s1. The number of para-hydroxylation sites is 1. The summed E-state index contributed by atoms with van der Waals surface area (Å²) < 4.78 is 44.7. The summed E-state index contributed by atoms with van der Waals surface area (Å²) >= 11 is 0. The number of carbonyl (C=O) groups is 1. The van der Waals surface area contributed by atoms with E-state index in [4.69, 9.17) is 4.74 Å². The molecule has 0 radical (unpaired) electrons. The minimum atomic E-state index is -3.78. The summed E-state index contributed by atoms with van der Waals surface area (Å²) in [7, 11) is -3.78. The zero-order valence-electron chi connectivity index (χ0n) is 17.6. The Kier molecular flexibility index (Phi) is 8.65. The van der Waals surface area contributed by atoms with Gasteiger partial charge < -0.3 is 10.1 Å². The van der Waals surface area contributed by atoms with Crippen molar-refractivity contribution in [1.29, 1.82) is 0 Å². The van der Waals surface area contributed by atoms with E-state index < -0.39 is 27.8 Å². The highest BCUT2D eigenvalue weighted by atomic mass is 32.2. The third-order valence-electron chi connectivity index (χ3n) is 4.51. The molecule has 0 aromatic heterocycles. The molecule has 0 bridgehead atoms. The summed E-state index contributed by atoms with van der Waals surface area (Å²) in [6, 6.07) is 11.9. The number of benzene rings is 2. The summed E-state index contributed by atoms with van der Waals surface area (Å²) in [6.07, 6.45) is 3.30. The molecule has 6 nitrogen and oxygen atoms in total. The molecule has 0 aliphatic heterocycles. The Hall–Kier alpha value is -2.61. The van der Waals surface area contributed by atoms with Gasteiger partial charge in [-0.25, -0.2) is 12.8 Å². The van der Waals surface area contributed by atoms with Crippen molar-refractivity contribution in [3.8, 4) is 5.75 Å². The van der Waals surface area contributed by atoms with Crippen LogP contribution in [0.5, 0.6) is 5.75 Å². The van der Waals surface area contributed by atoms with Gasteiger partial charge in [0.05, 0.1) is 18.6 Å². The molecule has 0 saturated heterocycles. The van der Waals surface area contributed by atoms with Crippen molar-refractivity contribution in [2.75, 3.05) is 23.7 Å². The van der Waals surface area contributed by atoms with E-state index in [1.54, 1.807) is 0 Å². The second-order valence-corrected chi connectivity index (χ2v) is 8.92. The van der Waals surface area contributed by atoms with Gasteiger partial charge in [-0.2, -0.15) is 0 Å². The van der Waals surface area contributed by atoms with Crippen LogP contribution >= 0.6 is 0 Å². The maximum atomic E-state index is 13.6. The number of rotatable bonds is 11. The summed E-state index contributed by atoms with van der Waals surface area (Å²) in [4.78, 5) is 12.6. The van der Waals surface area contributed by atoms with Gasteiger partial charge in [-0.05, 0) is 56.0 Å². The number of nitrogens with zero attached hydrogens (tertiary/aromatic N) is 1. The molecule has 0 unspecified atom stereocenters. The molecule has 0 aliphatic carbocycles. The lowest BCUT2D eigenvalue weighted by molar-refractivity contribution is -0.121. The number of carbonyl (C=O) groups excluding carboxylic acids is 1. The fourth-order valence-electron chi connectivity index (χ4n) is 3.12. The molecule has 0 heterocycles. The predicted octanol–water partition coefficient (Wildman–Crippen LogP) is 3.52. The van der Waals surface area contributed by atoms with E-state index in [9.17, 15) is 17.6 Å². The zero-order chi connectivity index (χ0) is 22.1. The number of nitrogens with one attached hydrogen (secondary N) is 1. The van der Waals surface area contributed by atoms with E-state index in [0.29, 0.717) is 26.0 Å². The van der Waals surface area contributed by atoms with E-state index in [0.717, 1.165) is 34.4 Å². The molecule has 0 fully saturated rings. The Morgan fingerprint density at radius 3 is 2.60 bits per heavy atom. The second-order valence-electron chi connectivity index (χ2n) is 7.07. The van der Waals surface area contributed by atoms with Crippen LogP contribution in [0.2, 0.25) is 0 Å². The fourth-order valence-corrected chi connectivity index (χ4v) is 4.29. The third kappa shape index (κ3) is 6.73. The van der Waals surface area contributed by atoms with Gasteiger partial charge in [0, 0.05) is 6.54 Å². The van der Waals surface area contributed by atoms with Gasteiger partial charge in [-0.1, -0.05) is 31.2 Å². The maximum absolute atomic E-state index is 13.6. The van der Waals surface area contributed by atoms with E-state index in [1.165, 1.54) is 25.1 Å². The van der Waals surface area contributed by atoms with E-state index in [-0.39, 0.29) is 5.69 Å². The highest BCUT2D eigenvalue weighted by Gasteiger charge is 2.29. The van der Waals surface area contributed by atoms with Crippen molar-refractivity contribution >= 4 is 21.6 Å². The van der Waals surface area contributed by atoms with E-state index in [1.807, 2.05) is 31.2 Å². The Balaban J connectivity index is 1.97. The van der Waals surface area contributed by atoms with Crippen molar-refractivity contribution in [2.24, 2.45) is 0 Å². The highest BCUT2D eigenvalue weighted by molar-refractivity contribution is 7.92. The number of hydrogen-bond donors (Lipinski definition) is 1. The topological polar surface area (TPSA) is 75.7 Å². The van der Waals surface area contributed by atoms with Crippen molar-refractivity contribution in [2.45, 2.75) is 39.2 Å². The summed E-state index contributed by atoms with van der Waals surface area (Å²) in [5.41, 5.74) is 1.17. The average Bonchev–Trinajstić information content (AvgIpc) is 2.69. The molecule has 2 rings (SSSR count). The van der Waals surface area contributed by atoms with Crippen molar-refractivity contribution < 1.29 is 22.3 Å². The largest absolute Gasteiger partial charge is 0.493 e. The monoisotopic (exact) mass is 436 g/mol. The van der Waals surface area contributed by atoms with Gasteiger partial charge in [0.2, 0.25) is 15.9 Å². The average molecular weight is 437 g/mol. The first-order valence-corrected chi connectivity index (χ1v) is 11.8.